The van der Waals surface area contributed by atoms with Gasteiger partial charge in [-0.15, -0.1) is 0 Å². The molecule has 0 saturated carbocycles. The van der Waals surface area contributed by atoms with Crippen molar-refractivity contribution in [3.63, 3.8) is 0 Å². The van der Waals surface area contributed by atoms with Gasteiger partial charge in [0, 0.05) is 44.5 Å². The molecule has 0 aliphatic carbocycles. The van der Waals surface area contributed by atoms with Gasteiger partial charge in [0.05, 0.1) is 30.2 Å². The summed E-state index contributed by atoms with van der Waals surface area (Å²) in [6, 6.07) is 0.954. The molecule has 25 heavy (non-hydrogen) atoms. The molecule has 0 spiro atoms. The fourth-order valence-electron chi connectivity index (χ4n) is 4.22. The normalized spacial score (nSPS) is 30.4. The summed E-state index contributed by atoms with van der Waals surface area (Å²) in [6.07, 6.45) is 7.24. The molecule has 3 fully saturated rings. The van der Waals surface area contributed by atoms with Crippen LogP contribution in [0.25, 0.3) is 0 Å². The Labute approximate surface area is 148 Å². The van der Waals surface area contributed by atoms with Crippen molar-refractivity contribution >= 4 is 5.91 Å². The first-order chi connectivity index (χ1) is 12.2. The number of carbonyl (C=O) groups is 1. The zero-order valence-corrected chi connectivity index (χ0v) is 14.7. The quantitative estimate of drug-likeness (QED) is 0.870. The highest BCUT2D eigenvalue weighted by Crippen LogP contribution is 2.36. The molecule has 3 aliphatic heterocycles. The molecule has 4 heterocycles. The predicted octanol–water partition coefficient (Wildman–Crippen LogP) is 0.812. The molecule has 136 valence electrons. The number of rotatable bonds is 4. The number of nitrogens with zero attached hydrogens (tertiary/aromatic N) is 3. The molecule has 0 bridgehead atoms. The molecular formula is C18H26N4O3. The average Bonchev–Trinajstić information content (AvgIpc) is 3.22. The van der Waals surface area contributed by atoms with E-state index < -0.39 is 0 Å². The standard InChI is InChI=1S/C18H26N4O3/c1-12-9-20-13(10-19-12)11-21-18(23)17-8-15-16(25-17)2-5-22(15)14-3-6-24-7-4-14/h9-10,14-17H,2-8,11H2,1H3,(H,21,23)/t15-,16-,17+/m1/s1. The lowest BCUT2D eigenvalue weighted by molar-refractivity contribution is -0.132. The lowest BCUT2D eigenvalue weighted by Gasteiger charge is -2.34. The summed E-state index contributed by atoms with van der Waals surface area (Å²) >= 11 is 0. The molecule has 3 saturated heterocycles. The van der Waals surface area contributed by atoms with E-state index in [0.29, 0.717) is 18.6 Å². The molecule has 4 rings (SSSR count). The second-order valence-corrected chi connectivity index (χ2v) is 7.20. The van der Waals surface area contributed by atoms with Gasteiger partial charge in [-0.1, -0.05) is 0 Å². The molecule has 0 radical (unpaired) electrons. The van der Waals surface area contributed by atoms with Gasteiger partial charge >= 0.3 is 0 Å². The molecule has 7 heteroatoms. The summed E-state index contributed by atoms with van der Waals surface area (Å²) < 4.78 is 11.5. The lowest BCUT2D eigenvalue weighted by atomic mass is 10.0. The van der Waals surface area contributed by atoms with Gasteiger partial charge in [0.15, 0.2) is 0 Å². The van der Waals surface area contributed by atoms with Gasteiger partial charge in [-0.2, -0.15) is 0 Å². The predicted molar refractivity (Wildman–Crippen MR) is 90.8 cm³/mol. The third-order valence-electron chi connectivity index (χ3n) is 5.55. The van der Waals surface area contributed by atoms with Gasteiger partial charge in [-0.05, 0) is 26.2 Å². The molecule has 3 aliphatic rings. The highest BCUT2D eigenvalue weighted by molar-refractivity contribution is 5.81. The largest absolute Gasteiger partial charge is 0.381 e. The first-order valence-corrected chi connectivity index (χ1v) is 9.25. The fourth-order valence-corrected chi connectivity index (χ4v) is 4.22. The summed E-state index contributed by atoms with van der Waals surface area (Å²) in [5.41, 5.74) is 1.64. The molecule has 1 amide bonds. The van der Waals surface area contributed by atoms with E-state index in [2.05, 4.69) is 20.2 Å². The molecule has 7 nitrogen and oxygen atoms in total. The zero-order valence-electron chi connectivity index (χ0n) is 14.7. The maximum atomic E-state index is 12.5. The van der Waals surface area contributed by atoms with Gasteiger partial charge in [-0.25, -0.2) is 0 Å². The third kappa shape index (κ3) is 3.68. The number of hydrogen-bond acceptors (Lipinski definition) is 6. The molecular weight excluding hydrogens is 320 g/mol. The number of nitrogens with one attached hydrogen (secondary N) is 1. The van der Waals surface area contributed by atoms with Crippen molar-refractivity contribution in [1.82, 2.24) is 20.2 Å². The van der Waals surface area contributed by atoms with Crippen molar-refractivity contribution in [2.45, 2.75) is 63.4 Å². The minimum atomic E-state index is -0.351. The van der Waals surface area contributed by atoms with E-state index in [0.717, 1.165) is 56.8 Å². The van der Waals surface area contributed by atoms with Crippen LogP contribution in [0.1, 0.15) is 37.1 Å². The highest BCUT2D eigenvalue weighted by atomic mass is 16.5. The number of aromatic nitrogens is 2. The van der Waals surface area contributed by atoms with Crippen LogP contribution in [0.15, 0.2) is 12.4 Å². The van der Waals surface area contributed by atoms with E-state index >= 15 is 0 Å². The second kappa shape index (κ2) is 7.35. The van der Waals surface area contributed by atoms with Crippen molar-refractivity contribution in [3.8, 4) is 0 Å². The van der Waals surface area contributed by atoms with Crippen molar-refractivity contribution < 1.29 is 14.3 Å². The van der Waals surface area contributed by atoms with Crippen LogP contribution in [0.4, 0.5) is 0 Å². The SMILES string of the molecule is Cc1cnc(CNC(=O)[C@@H]2C[C@@H]3[C@@H](CCN3C3CCOCC3)O2)cn1. The van der Waals surface area contributed by atoms with Crippen LogP contribution >= 0.6 is 0 Å². The van der Waals surface area contributed by atoms with E-state index in [1.807, 2.05) is 6.92 Å². The van der Waals surface area contributed by atoms with Crippen LogP contribution in [-0.2, 0) is 20.8 Å². The first kappa shape index (κ1) is 16.9. The number of likely N-dealkylation sites (tertiary alicyclic amines) is 1. The van der Waals surface area contributed by atoms with Crippen LogP contribution in [0.3, 0.4) is 0 Å². The van der Waals surface area contributed by atoms with Crippen LogP contribution < -0.4 is 5.32 Å². The minimum Gasteiger partial charge on any atom is -0.381 e. The molecule has 0 aromatic carbocycles. The van der Waals surface area contributed by atoms with Crippen LogP contribution in [0, 0.1) is 6.92 Å². The summed E-state index contributed by atoms with van der Waals surface area (Å²) in [4.78, 5) is 23.5. The molecule has 1 aromatic rings. The third-order valence-corrected chi connectivity index (χ3v) is 5.55. The molecule has 0 unspecified atom stereocenters. The Morgan fingerprint density at radius 2 is 2.12 bits per heavy atom. The Morgan fingerprint density at radius 3 is 2.88 bits per heavy atom. The van der Waals surface area contributed by atoms with E-state index in [9.17, 15) is 4.79 Å². The van der Waals surface area contributed by atoms with E-state index in [1.54, 1.807) is 12.4 Å². The topological polar surface area (TPSA) is 76.6 Å². The highest BCUT2D eigenvalue weighted by Gasteiger charge is 2.47. The van der Waals surface area contributed by atoms with Crippen molar-refractivity contribution in [1.29, 1.82) is 0 Å². The first-order valence-electron chi connectivity index (χ1n) is 9.25. The van der Waals surface area contributed by atoms with Gasteiger partial charge in [0.1, 0.15) is 6.10 Å². The lowest BCUT2D eigenvalue weighted by Crippen LogP contribution is -2.44. The molecule has 1 aromatic heterocycles. The Bertz CT molecular complexity index is 603. The maximum absolute atomic E-state index is 12.5. The Hall–Kier alpha value is -1.57. The number of ether oxygens (including phenoxy) is 2. The van der Waals surface area contributed by atoms with Gasteiger partial charge in [-0.3, -0.25) is 19.7 Å². The molecule has 3 atom stereocenters. The second-order valence-electron chi connectivity index (χ2n) is 7.20. The number of amides is 1. The monoisotopic (exact) mass is 346 g/mol. The van der Waals surface area contributed by atoms with Gasteiger partial charge in [0.2, 0.25) is 5.91 Å². The number of fused-ring (bicyclic) bond motifs is 1. The van der Waals surface area contributed by atoms with Crippen LogP contribution in [0.5, 0.6) is 0 Å². The Morgan fingerprint density at radius 1 is 1.28 bits per heavy atom. The number of aryl methyl sites for hydroxylation is 1. The van der Waals surface area contributed by atoms with Gasteiger partial charge in [0.25, 0.3) is 0 Å². The van der Waals surface area contributed by atoms with Gasteiger partial charge < -0.3 is 14.8 Å². The van der Waals surface area contributed by atoms with E-state index in [4.69, 9.17) is 9.47 Å². The average molecular weight is 346 g/mol. The fraction of sp³-hybridized carbons (Fsp3) is 0.722. The maximum Gasteiger partial charge on any atom is 0.249 e. The van der Waals surface area contributed by atoms with Crippen molar-refractivity contribution in [2.75, 3.05) is 19.8 Å². The Kier molecular flexibility index (Phi) is 4.96. The molecule has 1 N–H and O–H groups in total. The zero-order chi connectivity index (χ0) is 17.2. The van der Waals surface area contributed by atoms with Crippen molar-refractivity contribution in [3.05, 3.63) is 23.8 Å². The van der Waals surface area contributed by atoms with E-state index in [1.165, 1.54) is 0 Å². The summed E-state index contributed by atoms with van der Waals surface area (Å²) in [7, 11) is 0. The minimum absolute atomic E-state index is 0.0382. The number of hydrogen-bond donors (Lipinski definition) is 1. The van der Waals surface area contributed by atoms with Crippen LogP contribution in [-0.4, -0.2) is 64.8 Å². The summed E-state index contributed by atoms with van der Waals surface area (Å²) in [6.45, 7) is 5.06. The van der Waals surface area contributed by atoms with E-state index in [-0.39, 0.29) is 18.1 Å². The smallest absolute Gasteiger partial charge is 0.249 e. The summed E-state index contributed by atoms with van der Waals surface area (Å²) in [5.74, 6) is -0.0382. The van der Waals surface area contributed by atoms with Crippen LogP contribution in [0.2, 0.25) is 0 Å². The summed E-state index contributed by atoms with van der Waals surface area (Å²) in [5, 5.41) is 2.94. The Balaban J connectivity index is 1.30. The number of carbonyl (C=O) groups excluding carboxylic acids is 1. The van der Waals surface area contributed by atoms with Crippen molar-refractivity contribution in [2.24, 2.45) is 0 Å².